The molecule has 1 aromatic heterocycles. The third kappa shape index (κ3) is 3.48. The molecule has 4 N–H and O–H groups in total. The van der Waals surface area contributed by atoms with Crippen LogP contribution in [-0.2, 0) is 10.3 Å². The van der Waals surface area contributed by atoms with Gasteiger partial charge in [-0.2, -0.15) is 13.2 Å². The lowest BCUT2D eigenvalue weighted by atomic mass is 9.90. The molecule has 2 unspecified atom stereocenters. The van der Waals surface area contributed by atoms with E-state index in [2.05, 4.69) is 10.3 Å². The van der Waals surface area contributed by atoms with Crippen molar-refractivity contribution in [2.24, 2.45) is 5.73 Å². The molecule has 4 rings (SSSR count). The van der Waals surface area contributed by atoms with E-state index < -0.39 is 35.6 Å². The summed E-state index contributed by atoms with van der Waals surface area (Å²) in [6.07, 6.45) is -3.53. The number of thiazole rings is 1. The first-order valence-corrected chi connectivity index (χ1v) is 10.6. The normalized spacial score (nSPS) is 22.6. The first-order chi connectivity index (χ1) is 14.9. The topological polar surface area (TPSA) is 117 Å². The van der Waals surface area contributed by atoms with Crippen molar-refractivity contribution in [2.45, 2.75) is 44.4 Å². The molecule has 3 heterocycles. The molecule has 0 aliphatic carbocycles. The molecule has 2 aromatic rings. The Morgan fingerprint density at radius 2 is 2.09 bits per heavy atom. The number of anilines is 1. The van der Waals surface area contributed by atoms with Crippen LogP contribution < -0.4 is 16.4 Å². The van der Waals surface area contributed by atoms with Gasteiger partial charge in [-0.05, 0) is 49.9 Å². The van der Waals surface area contributed by atoms with E-state index >= 15 is 0 Å². The lowest BCUT2D eigenvalue weighted by Gasteiger charge is -2.28. The van der Waals surface area contributed by atoms with Crippen molar-refractivity contribution in [3.05, 3.63) is 35.0 Å². The Bertz CT molecular complexity index is 1130. The Morgan fingerprint density at radius 1 is 1.38 bits per heavy atom. The highest BCUT2D eigenvalue weighted by atomic mass is 32.1. The molecule has 0 spiro atoms. The molecule has 1 saturated heterocycles. The number of carbonyl (C=O) groups is 3. The summed E-state index contributed by atoms with van der Waals surface area (Å²) in [4.78, 5) is 42.4. The molecule has 8 nitrogen and oxygen atoms in total. The number of benzene rings is 1. The summed E-state index contributed by atoms with van der Waals surface area (Å²) in [5, 5.41) is 4.91. The number of nitrogens with zero attached hydrogens (tertiary/aromatic N) is 2. The van der Waals surface area contributed by atoms with E-state index in [0.717, 1.165) is 18.3 Å². The molecule has 12 heteroatoms. The smallest absolute Gasteiger partial charge is 0.368 e. The number of aryl methyl sites for hydroxylation is 1. The fourth-order valence-electron chi connectivity index (χ4n) is 4.07. The number of hydrogen-bond donors (Lipinski definition) is 3. The Labute approximate surface area is 185 Å². The minimum absolute atomic E-state index is 0.0317. The summed E-state index contributed by atoms with van der Waals surface area (Å²) >= 11 is 1.09. The highest BCUT2D eigenvalue weighted by molar-refractivity contribution is 7.19. The summed E-state index contributed by atoms with van der Waals surface area (Å²) in [5.74, 6) is -1.36. The minimum atomic E-state index is -4.68. The zero-order valence-electron chi connectivity index (χ0n) is 17.2. The van der Waals surface area contributed by atoms with Gasteiger partial charge >= 0.3 is 12.2 Å². The number of hydrogen-bond acceptors (Lipinski definition) is 5. The van der Waals surface area contributed by atoms with Crippen LogP contribution in [0, 0.1) is 6.92 Å². The van der Waals surface area contributed by atoms with Crippen molar-refractivity contribution >= 4 is 34.3 Å². The third-order valence-electron chi connectivity index (χ3n) is 5.85. The van der Waals surface area contributed by atoms with Gasteiger partial charge in [0, 0.05) is 12.1 Å². The van der Waals surface area contributed by atoms with Crippen LogP contribution in [0.4, 0.5) is 23.1 Å². The molecular formula is C20H20F3N5O3S. The second-order valence-corrected chi connectivity index (χ2v) is 8.95. The number of likely N-dealkylation sites (tertiary alicyclic amines) is 1. The van der Waals surface area contributed by atoms with Gasteiger partial charge in [-0.3, -0.25) is 14.9 Å². The lowest BCUT2D eigenvalue weighted by Crippen LogP contribution is -2.49. The number of fused-ring (bicyclic) bond motifs is 1. The SMILES string of the molecule is Cc1nc(NC(=O)N2CCCC2C(N)=O)sc1-c1ccc2c(c1)C(C)(C(F)(F)F)NC2=O. The maximum Gasteiger partial charge on any atom is 0.415 e. The zero-order valence-corrected chi connectivity index (χ0v) is 18.0. The van der Waals surface area contributed by atoms with E-state index in [1.54, 1.807) is 13.0 Å². The molecular weight excluding hydrogens is 447 g/mol. The van der Waals surface area contributed by atoms with Crippen LogP contribution in [0.5, 0.6) is 0 Å². The van der Waals surface area contributed by atoms with E-state index in [0.29, 0.717) is 35.5 Å². The van der Waals surface area contributed by atoms with Crippen molar-refractivity contribution in [3.8, 4) is 10.4 Å². The fraction of sp³-hybridized carbons (Fsp3) is 0.400. The molecule has 32 heavy (non-hydrogen) atoms. The van der Waals surface area contributed by atoms with E-state index in [4.69, 9.17) is 5.73 Å². The van der Waals surface area contributed by atoms with Crippen molar-refractivity contribution in [3.63, 3.8) is 0 Å². The highest BCUT2D eigenvalue weighted by Gasteiger charge is 2.58. The van der Waals surface area contributed by atoms with E-state index in [1.165, 1.54) is 17.0 Å². The second-order valence-electron chi connectivity index (χ2n) is 7.95. The number of halogens is 3. The number of urea groups is 1. The van der Waals surface area contributed by atoms with Crippen LogP contribution in [0.25, 0.3) is 10.4 Å². The number of primary amides is 1. The number of rotatable bonds is 3. The molecule has 170 valence electrons. The van der Waals surface area contributed by atoms with Crippen LogP contribution in [0.3, 0.4) is 0 Å². The van der Waals surface area contributed by atoms with E-state index in [-0.39, 0.29) is 16.3 Å². The molecule has 2 aliphatic rings. The first-order valence-electron chi connectivity index (χ1n) is 9.81. The number of amides is 4. The molecule has 4 amide bonds. The Hall–Kier alpha value is -3.15. The Balaban J connectivity index is 1.63. The van der Waals surface area contributed by atoms with Gasteiger partial charge < -0.3 is 16.0 Å². The summed E-state index contributed by atoms with van der Waals surface area (Å²) in [6.45, 7) is 2.98. The van der Waals surface area contributed by atoms with Gasteiger partial charge in [-0.15, -0.1) is 0 Å². The van der Waals surface area contributed by atoms with Gasteiger partial charge in [0.15, 0.2) is 10.7 Å². The standard InChI is InChI=1S/C20H20F3N5O3S/c1-9-14(32-17(25-9)26-18(31)28-7-3-4-13(28)15(24)29)10-5-6-11-12(8-10)19(2,20(21,22)23)27-16(11)30/h5-6,8,13H,3-4,7H2,1-2H3,(H2,24,29)(H,27,30)(H,25,26,31). The maximum atomic E-state index is 13.7. The monoisotopic (exact) mass is 467 g/mol. The average molecular weight is 467 g/mol. The second kappa shape index (κ2) is 7.47. The lowest BCUT2D eigenvalue weighted by molar-refractivity contribution is -0.190. The van der Waals surface area contributed by atoms with Crippen LogP contribution in [0.15, 0.2) is 18.2 Å². The van der Waals surface area contributed by atoms with Gasteiger partial charge in [0.05, 0.1) is 10.6 Å². The Kier molecular flexibility index (Phi) is 5.15. The molecule has 0 saturated carbocycles. The van der Waals surface area contributed by atoms with Crippen molar-refractivity contribution in [1.82, 2.24) is 15.2 Å². The molecule has 2 atom stereocenters. The molecule has 1 fully saturated rings. The van der Waals surface area contributed by atoms with Crippen LogP contribution >= 0.6 is 11.3 Å². The quantitative estimate of drug-likeness (QED) is 0.643. The van der Waals surface area contributed by atoms with E-state index in [9.17, 15) is 27.6 Å². The number of nitrogens with one attached hydrogen (secondary N) is 2. The van der Waals surface area contributed by atoms with Gasteiger partial charge in [0.2, 0.25) is 5.91 Å². The predicted molar refractivity (Wildman–Crippen MR) is 111 cm³/mol. The first kappa shape index (κ1) is 22.1. The van der Waals surface area contributed by atoms with Crippen molar-refractivity contribution in [2.75, 3.05) is 11.9 Å². The third-order valence-corrected chi connectivity index (χ3v) is 6.97. The number of carbonyl (C=O) groups excluding carboxylic acids is 3. The zero-order chi connectivity index (χ0) is 23.4. The van der Waals surface area contributed by atoms with Crippen molar-refractivity contribution < 1.29 is 27.6 Å². The summed E-state index contributed by atoms with van der Waals surface area (Å²) < 4.78 is 41.1. The minimum Gasteiger partial charge on any atom is -0.368 e. The number of aromatic nitrogens is 1. The summed E-state index contributed by atoms with van der Waals surface area (Å²) in [7, 11) is 0. The Morgan fingerprint density at radius 3 is 2.75 bits per heavy atom. The van der Waals surface area contributed by atoms with Crippen LogP contribution in [0.1, 0.15) is 41.4 Å². The highest BCUT2D eigenvalue weighted by Crippen LogP contribution is 2.45. The maximum absolute atomic E-state index is 13.7. The molecule has 2 aliphatic heterocycles. The molecule has 1 aromatic carbocycles. The summed E-state index contributed by atoms with van der Waals surface area (Å²) in [5.41, 5.74) is 3.61. The van der Waals surface area contributed by atoms with Gasteiger partial charge in [0.1, 0.15) is 6.04 Å². The molecule has 0 radical (unpaired) electrons. The van der Waals surface area contributed by atoms with Gasteiger partial charge in [0.25, 0.3) is 5.91 Å². The van der Waals surface area contributed by atoms with Crippen LogP contribution in [-0.4, -0.2) is 46.5 Å². The van der Waals surface area contributed by atoms with E-state index in [1.807, 2.05) is 5.32 Å². The predicted octanol–water partition coefficient (Wildman–Crippen LogP) is 3.12. The number of nitrogens with two attached hydrogens (primary N) is 1. The largest absolute Gasteiger partial charge is 0.415 e. The van der Waals surface area contributed by atoms with Crippen molar-refractivity contribution in [1.29, 1.82) is 0 Å². The average Bonchev–Trinajstić information content (AvgIpc) is 3.39. The molecule has 0 bridgehead atoms. The van der Waals surface area contributed by atoms with Gasteiger partial charge in [-0.25, -0.2) is 9.78 Å². The number of alkyl halides is 3. The summed E-state index contributed by atoms with van der Waals surface area (Å²) in [6, 6.07) is 3.04. The van der Waals surface area contributed by atoms with Crippen LogP contribution in [0.2, 0.25) is 0 Å². The van der Waals surface area contributed by atoms with Gasteiger partial charge in [-0.1, -0.05) is 17.4 Å². The fourth-order valence-corrected chi connectivity index (χ4v) is 5.02.